The highest BCUT2D eigenvalue weighted by atomic mass is 32.1. The predicted octanol–water partition coefficient (Wildman–Crippen LogP) is 3.03. The SMILES string of the molecule is CCc1nsc(N2CCN(C(C)c3nc(-c4ccccc4)no3)CC2)n1. The Balaban J connectivity index is 1.39. The van der Waals surface area contributed by atoms with Crippen molar-refractivity contribution < 1.29 is 4.52 Å². The number of benzene rings is 1. The van der Waals surface area contributed by atoms with Crippen molar-refractivity contribution in [1.82, 2.24) is 24.4 Å². The molecule has 1 fully saturated rings. The Bertz CT molecular complexity index is 840. The molecule has 1 atom stereocenters. The Labute approximate surface area is 156 Å². The molecule has 7 nitrogen and oxygen atoms in total. The van der Waals surface area contributed by atoms with Gasteiger partial charge in [-0.15, -0.1) is 0 Å². The molecule has 3 aromatic rings. The van der Waals surface area contributed by atoms with Crippen LogP contribution in [-0.2, 0) is 6.42 Å². The molecule has 1 saturated heterocycles. The Morgan fingerprint density at radius 3 is 2.58 bits per heavy atom. The molecule has 1 unspecified atom stereocenters. The molecule has 0 bridgehead atoms. The summed E-state index contributed by atoms with van der Waals surface area (Å²) in [4.78, 5) is 13.9. The Morgan fingerprint density at radius 1 is 1.12 bits per heavy atom. The van der Waals surface area contributed by atoms with Crippen LogP contribution in [0.4, 0.5) is 5.13 Å². The highest BCUT2D eigenvalue weighted by Crippen LogP contribution is 2.25. The lowest BCUT2D eigenvalue weighted by molar-refractivity contribution is 0.164. The van der Waals surface area contributed by atoms with Crippen molar-refractivity contribution in [2.75, 3.05) is 31.1 Å². The summed E-state index contributed by atoms with van der Waals surface area (Å²) in [6, 6.07) is 10.0. The molecular formula is C18H22N6OS. The number of nitrogens with zero attached hydrogens (tertiary/aromatic N) is 6. The summed E-state index contributed by atoms with van der Waals surface area (Å²) < 4.78 is 9.91. The summed E-state index contributed by atoms with van der Waals surface area (Å²) in [5.41, 5.74) is 0.975. The van der Waals surface area contributed by atoms with E-state index in [1.807, 2.05) is 30.3 Å². The molecule has 0 aliphatic carbocycles. The maximum Gasteiger partial charge on any atom is 0.244 e. The summed E-state index contributed by atoms with van der Waals surface area (Å²) >= 11 is 1.49. The van der Waals surface area contributed by atoms with Crippen LogP contribution in [0.1, 0.15) is 31.6 Å². The molecule has 2 aromatic heterocycles. The minimum atomic E-state index is 0.0998. The summed E-state index contributed by atoms with van der Waals surface area (Å²) in [6.45, 7) is 7.94. The molecule has 1 aliphatic heterocycles. The first-order chi connectivity index (χ1) is 12.7. The van der Waals surface area contributed by atoms with Crippen molar-refractivity contribution in [2.24, 2.45) is 0 Å². The van der Waals surface area contributed by atoms with Gasteiger partial charge in [0, 0.05) is 49.7 Å². The third-order valence-electron chi connectivity index (χ3n) is 4.74. The number of hydrogen-bond donors (Lipinski definition) is 0. The summed E-state index contributed by atoms with van der Waals surface area (Å²) in [6.07, 6.45) is 0.883. The standard InChI is InChI=1S/C18H22N6OS/c1-3-15-19-18(26-22-15)24-11-9-23(10-12-24)13(2)17-20-16(21-25-17)14-7-5-4-6-8-14/h4-8,13H,3,9-12H2,1-2H3. The first-order valence-corrected chi connectivity index (χ1v) is 9.72. The van der Waals surface area contributed by atoms with Gasteiger partial charge in [0.25, 0.3) is 0 Å². The van der Waals surface area contributed by atoms with E-state index in [9.17, 15) is 0 Å². The second-order valence-corrected chi connectivity index (χ2v) is 7.10. The maximum atomic E-state index is 5.53. The first kappa shape index (κ1) is 17.1. The normalized spacial score (nSPS) is 16.8. The number of anilines is 1. The minimum Gasteiger partial charge on any atom is -0.344 e. The van der Waals surface area contributed by atoms with Crippen LogP contribution >= 0.6 is 11.5 Å². The number of hydrogen-bond acceptors (Lipinski definition) is 8. The van der Waals surface area contributed by atoms with Gasteiger partial charge < -0.3 is 9.42 Å². The Kier molecular flexibility index (Phi) is 4.94. The third kappa shape index (κ3) is 3.47. The Morgan fingerprint density at radius 2 is 1.88 bits per heavy atom. The van der Waals surface area contributed by atoms with Gasteiger partial charge in [-0.1, -0.05) is 42.4 Å². The van der Waals surface area contributed by atoms with Gasteiger partial charge in [0.15, 0.2) is 0 Å². The molecule has 136 valence electrons. The van der Waals surface area contributed by atoms with Crippen LogP contribution in [0.5, 0.6) is 0 Å². The van der Waals surface area contributed by atoms with Crippen LogP contribution in [0.3, 0.4) is 0 Å². The highest BCUT2D eigenvalue weighted by Gasteiger charge is 2.27. The zero-order valence-electron chi connectivity index (χ0n) is 15.0. The molecular weight excluding hydrogens is 348 g/mol. The average molecular weight is 370 g/mol. The molecule has 1 aliphatic rings. The van der Waals surface area contributed by atoms with Crippen LogP contribution in [0.15, 0.2) is 34.9 Å². The van der Waals surface area contributed by atoms with Gasteiger partial charge in [0.2, 0.25) is 16.8 Å². The number of aryl methyl sites for hydroxylation is 1. The second-order valence-electron chi connectivity index (χ2n) is 6.37. The number of piperazine rings is 1. The van der Waals surface area contributed by atoms with Gasteiger partial charge in [-0.3, -0.25) is 4.90 Å². The van der Waals surface area contributed by atoms with E-state index in [0.717, 1.165) is 49.1 Å². The van der Waals surface area contributed by atoms with E-state index in [0.29, 0.717) is 11.7 Å². The van der Waals surface area contributed by atoms with E-state index >= 15 is 0 Å². The molecule has 3 heterocycles. The second kappa shape index (κ2) is 7.51. The zero-order valence-corrected chi connectivity index (χ0v) is 15.8. The highest BCUT2D eigenvalue weighted by molar-refractivity contribution is 7.09. The maximum absolute atomic E-state index is 5.53. The van der Waals surface area contributed by atoms with Crippen LogP contribution in [0, 0.1) is 0 Å². The fraction of sp³-hybridized carbons (Fsp3) is 0.444. The lowest BCUT2D eigenvalue weighted by atomic mass is 10.2. The van der Waals surface area contributed by atoms with Crippen molar-refractivity contribution in [3.8, 4) is 11.4 Å². The van der Waals surface area contributed by atoms with Gasteiger partial charge in [0.05, 0.1) is 6.04 Å². The van der Waals surface area contributed by atoms with Gasteiger partial charge in [-0.05, 0) is 6.92 Å². The van der Waals surface area contributed by atoms with Crippen molar-refractivity contribution in [1.29, 1.82) is 0 Å². The largest absolute Gasteiger partial charge is 0.344 e. The van der Waals surface area contributed by atoms with E-state index in [2.05, 4.69) is 43.1 Å². The van der Waals surface area contributed by atoms with Crippen molar-refractivity contribution in [3.63, 3.8) is 0 Å². The van der Waals surface area contributed by atoms with Gasteiger partial charge in [0.1, 0.15) is 5.82 Å². The molecule has 0 radical (unpaired) electrons. The van der Waals surface area contributed by atoms with Crippen LogP contribution in [0.25, 0.3) is 11.4 Å². The van der Waals surface area contributed by atoms with E-state index in [4.69, 9.17) is 4.52 Å². The zero-order chi connectivity index (χ0) is 17.9. The quantitative estimate of drug-likeness (QED) is 0.683. The first-order valence-electron chi connectivity index (χ1n) is 8.95. The molecule has 0 amide bonds. The van der Waals surface area contributed by atoms with E-state index < -0.39 is 0 Å². The van der Waals surface area contributed by atoms with Crippen LogP contribution in [0.2, 0.25) is 0 Å². The van der Waals surface area contributed by atoms with Crippen molar-refractivity contribution in [3.05, 3.63) is 42.0 Å². The van der Waals surface area contributed by atoms with Crippen molar-refractivity contribution >= 4 is 16.7 Å². The number of rotatable bonds is 5. The molecule has 0 spiro atoms. The lowest BCUT2D eigenvalue weighted by Crippen LogP contribution is -2.47. The van der Waals surface area contributed by atoms with Gasteiger partial charge in [-0.2, -0.15) is 9.36 Å². The topological polar surface area (TPSA) is 71.2 Å². The van der Waals surface area contributed by atoms with E-state index in [-0.39, 0.29) is 6.04 Å². The van der Waals surface area contributed by atoms with Crippen molar-refractivity contribution in [2.45, 2.75) is 26.3 Å². The smallest absolute Gasteiger partial charge is 0.244 e. The van der Waals surface area contributed by atoms with E-state index in [1.165, 1.54) is 11.5 Å². The van der Waals surface area contributed by atoms with Crippen LogP contribution < -0.4 is 4.90 Å². The molecule has 26 heavy (non-hydrogen) atoms. The molecule has 0 N–H and O–H groups in total. The summed E-state index contributed by atoms with van der Waals surface area (Å²) in [5, 5.41) is 5.16. The molecule has 8 heteroatoms. The molecule has 4 rings (SSSR count). The Hall–Kier alpha value is -2.32. The lowest BCUT2D eigenvalue weighted by Gasteiger charge is -2.36. The third-order valence-corrected chi connectivity index (χ3v) is 5.55. The van der Waals surface area contributed by atoms with Gasteiger partial charge in [-0.25, -0.2) is 4.98 Å². The predicted molar refractivity (Wildman–Crippen MR) is 101 cm³/mol. The number of aromatic nitrogens is 4. The molecule has 1 aromatic carbocycles. The molecule has 0 saturated carbocycles. The monoisotopic (exact) mass is 370 g/mol. The van der Waals surface area contributed by atoms with Gasteiger partial charge >= 0.3 is 0 Å². The fourth-order valence-corrected chi connectivity index (χ4v) is 3.88. The van der Waals surface area contributed by atoms with Crippen LogP contribution in [-0.4, -0.2) is 50.6 Å². The summed E-state index contributed by atoms with van der Waals surface area (Å²) in [7, 11) is 0. The summed E-state index contributed by atoms with van der Waals surface area (Å²) in [5.74, 6) is 2.24. The average Bonchev–Trinajstić information content (AvgIpc) is 3.38. The minimum absolute atomic E-state index is 0.0998. The van der Waals surface area contributed by atoms with E-state index in [1.54, 1.807) is 0 Å². The fourth-order valence-electron chi connectivity index (χ4n) is 3.08.